The number of benzene rings is 3. The van der Waals surface area contributed by atoms with Crippen LogP contribution in [-0.2, 0) is 14.8 Å². The van der Waals surface area contributed by atoms with Crippen LogP contribution in [0.15, 0.2) is 71.6 Å². The number of nitrogens with zero attached hydrogens (tertiary/aromatic N) is 1. The lowest BCUT2D eigenvalue weighted by atomic mass is 10.1. The minimum absolute atomic E-state index is 0.170. The first-order valence-corrected chi connectivity index (χ1v) is 11.5. The molecule has 0 atom stereocenters. The van der Waals surface area contributed by atoms with Gasteiger partial charge in [0, 0.05) is 24.2 Å². The number of carbonyl (C=O) groups is 1. The van der Waals surface area contributed by atoms with Gasteiger partial charge in [0.25, 0.3) is 5.91 Å². The average Bonchev–Trinajstić information content (AvgIpc) is 2.78. The van der Waals surface area contributed by atoms with Crippen LogP contribution in [0, 0.1) is 0 Å². The number of anilines is 1. The Balaban J connectivity index is 1.43. The lowest BCUT2D eigenvalue weighted by Crippen LogP contribution is -2.35. The van der Waals surface area contributed by atoms with E-state index in [0.29, 0.717) is 24.5 Å². The molecule has 0 unspecified atom stereocenters. The van der Waals surface area contributed by atoms with Crippen molar-refractivity contribution in [2.45, 2.75) is 24.2 Å². The van der Waals surface area contributed by atoms with E-state index in [4.69, 9.17) is 4.74 Å². The smallest absolute Gasteiger partial charge is 0.262 e. The van der Waals surface area contributed by atoms with E-state index in [2.05, 4.69) is 5.32 Å². The van der Waals surface area contributed by atoms with Gasteiger partial charge < -0.3 is 10.1 Å². The second-order valence-electron chi connectivity index (χ2n) is 7.31. The quantitative estimate of drug-likeness (QED) is 0.648. The van der Waals surface area contributed by atoms with Crippen LogP contribution in [0.5, 0.6) is 5.75 Å². The predicted molar refractivity (Wildman–Crippen MR) is 117 cm³/mol. The molecule has 0 saturated carbocycles. The van der Waals surface area contributed by atoms with E-state index in [-0.39, 0.29) is 17.4 Å². The highest BCUT2D eigenvalue weighted by atomic mass is 32.2. The monoisotopic (exact) mass is 424 g/mol. The molecule has 0 aromatic heterocycles. The van der Waals surface area contributed by atoms with E-state index in [1.54, 1.807) is 18.2 Å². The highest BCUT2D eigenvalue weighted by Gasteiger charge is 2.26. The Labute approximate surface area is 176 Å². The number of hydrogen-bond donors (Lipinski definition) is 1. The standard InChI is InChI=1S/C23H24N2O4S/c26-23(17-29-22-13-6-9-18-8-2-3-12-21(18)22)24-19-10-7-11-20(16-19)30(27,28)25-14-4-1-5-15-25/h2-3,6-13,16H,1,4-5,14-15,17H2,(H,24,26). The van der Waals surface area contributed by atoms with Crippen molar-refractivity contribution in [1.29, 1.82) is 0 Å². The van der Waals surface area contributed by atoms with Crippen LogP contribution in [0.4, 0.5) is 5.69 Å². The van der Waals surface area contributed by atoms with Gasteiger partial charge in [0.05, 0.1) is 4.90 Å². The molecule has 0 bridgehead atoms. The Bertz CT molecular complexity index is 1150. The van der Waals surface area contributed by atoms with E-state index >= 15 is 0 Å². The molecule has 7 heteroatoms. The molecular formula is C23H24N2O4S. The summed E-state index contributed by atoms with van der Waals surface area (Å²) in [7, 11) is -3.55. The number of nitrogens with one attached hydrogen (secondary N) is 1. The van der Waals surface area contributed by atoms with E-state index in [0.717, 1.165) is 30.0 Å². The van der Waals surface area contributed by atoms with Crippen LogP contribution >= 0.6 is 0 Å². The first kappa shape index (κ1) is 20.4. The number of piperidine rings is 1. The number of hydrogen-bond acceptors (Lipinski definition) is 4. The van der Waals surface area contributed by atoms with Crippen molar-refractivity contribution in [3.63, 3.8) is 0 Å². The van der Waals surface area contributed by atoms with Gasteiger partial charge in [-0.1, -0.05) is 48.9 Å². The Kier molecular flexibility index (Phi) is 6.01. The third-order valence-corrected chi connectivity index (χ3v) is 7.07. The maximum absolute atomic E-state index is 12.8. The molecule has 6 nitrogen and oxygen atoms in total. The fourth-order valence-electron chi connectivity index (χ4n) is 3.65. The summed E-state index contributed by atoms with van der Waals surface area (Å²) in [6.07, 6.45) is 2.81. The Morgan fingerprint density at radius 1 is 0.933 bits per heavy atom. The number of amides is 1. The molecule has 4 rings (SSSR count). The highest BCUT2D eigenvalue weighted by Crippen LogP contribution is 2.25. The van der Waals surface area contributed by atoms with E-state index < -0.39 is 10.0 Å². The van der Waals surface area contributed by atoms with Gasteiger partial charge in [0.2, 0.25) is 10.0 Å². The molecule has 0 spiro atoms. The summed E-state index contributed by atoms with van der Waals surface area (Å²) in [5.41, 5.74) is 0.430. The summed E-state index contributed by atoms with van der Waals surface area (Å²) in [6, 6.07) is 19.8. The van der Waals surface area contributed by atoms with Crippen LogP contribution in [0.1, 0.15) is 19.3 Å². The summed E-state index contributed by atoms with van der Waals surface area (Å²) in [4.78, 5) is 12.6. The summed E-state index contributed by atoms with van der Waals surface area (Å²) >= 11 is 0. The summed E-state index contributed by atoms with van der Waals surface area (Å²) < 4.78 is 32.9. The first-order chi connectivity index (χ1) is 14.5. The van der Waals surface area contributed by atoms with Gasteiger partial charge in [-0.15, -0.1) is 0 Å². The Hall–Kier alpha value is -2.90. The first-order valence-electron chi connectivity index (χ1n) is 10.0. The maximum Gasteiger partial charge on any atom is 0.262 e. The number of ether oxygens (including phenoxy) is 1. The van der Waals surface area contributed by atoms with Crippen LogP contribution in [-0.4, -0.2) is 38.3 Å². The molecule has 1 saturated heterocycles. The highest BCUT2D eigenvalue weighted by molar-refractivity contribution is 7.89. The minimum atomic E-state index is -3.55. The molecule has 1 amide bonds. The molecule has 3 aromatic carbocycles. The van der Waals surface area contributed by atoms with Crippen molar-refractivity contribution in [3.05, 3.63) is 66.7 Å². The summed E-state index contributed by atoms with van der Waals surface area (Å²) in [5.74, 6) is 0.278. The summed E-state index contributed by atoms with van der Waals surface area (Å²) in [6.45, 7) is 0.909. The van der Waals surface area contributed by atoms with E-state index in [1.807, 2.05) is 42.5 Å². The van der Waals surface area contributed by atoms with Gasteiger partial charge in [0.1, 0.15) is 5.75 Å². The molecule has 1 aliphatic rings. The molecule has 3 aromatic rings. The topological polar surface area (TPSA) is 75.7 Å². The number of rotatable bonds is 6. The second-order valence-corrected chi connectivity index (χ2v) is 9.24. The van der Waals surface area contributed by atoms with E-state index in [9.17, 15) is 13.2 Å². The largest absolute Gasteiger partial charge is 0.483 e. The zero-order valence-corrected chi connectivity index (χ0v) is 17.4. The third-order valence-electron chi connectivity index (χ3n) is 5.18. The second kappa shape index (κ2) is 8.85. The average molecular weight is 425 g/mol. The van der Waals surface area contributed by atoms with Gasteiger partial charge in [-0.2, -0.15) is 4.31 Å². The minimum Gasteiger partial charge on any atom is -0.483 e. The molecule has 1 aliphatic heterocycles. The molecule has 0 radical (unpaired) electrons. The van der Waals surface area contributed by atoms with Crippen LogP contribution in [0.25, 0.3) is 10.8 Å². The van der Waals surface area contributed by atoms with Crippen molar-refractivity contribution in [2.24, 2.45) is 0 Å². The van der Waals surface area contributed by atoms with Gasteiger partial charge in [-0.3, -0.25) is 4.79 Å². The zero-order chi connectivity index (χ0) is 21.0. The normalized spacial score (nSPS) is 15.1. The van der Waals surface area contributed by atoms with Gasteiger partial charge in [-0.05, 0) is 42.5 Å². The fraction of sp³-hybridized carbons (Fsp3) is 0.261. The molecule has 1 fully saturated rings. The number of sulfonamides is 1. The molecular weight excluding hydrogens is 400 g/mol. The van der Waals surface area contributed by atoms with Gasteiger partial charge >= 0.3 is 0 Å². The summed E-state index contributed by atoms with van der Waals surface area (Å²) in [5, 5.41) is 4.69. The third kappa shape index (κ3) is 4.47. The van der Waals surface area contributed by atoms with Crippen LogP contribution < -0.4 is 10.1 Å². The SMILES string of the molecule is O=C(COc1cccc2ccccc12)Nc1cccc(S(=O)(=O)N2CCCCC2)c1. The van der Waals surface area contributed by atoms with Crippen molar-refractivity contribution in [1.82, 2.24) is 4.31 Å². The Morgan fingerprint density at radius 3 is 2.50 bits per heavy atom. The number of carbonyl (C=O) groups excluding carboxylic acids is 1. The van der Waals surface area contributed by atoms with Gasteiger partial charge in [-0.25, -0.2) is 8.42 Å². The maximum atomic E-state index is 12.8. The van der Waals surface area contributed by atoms with Crippen molar-refractivity contribution < 1.29 is 17.9 Å². The molecule has 1 N–H and O–H groups in total. The lowest BCUT2D eigenvalue weighted by Gasteiger charge is -2.26. The fourth-order valence-corrected chi connectivity index (χ4v) is 5.21. The predicted octanol–water partition coefficient (Wildman–Crippen LogP) is 4.03. The zero-order valence-electron chi connectivity index (χ0n) is 16.6. The lowest BCUT2D eigenvalue weighted by molar-refractivity contribution is -0.118. The van der Waals surface area contributed by atoms with Crippen LogP contribution in [0.2, 0.25) is 0 Å². The molecule has 156 valence electrons. The van der Waals surface area contributed by atoms with Crippen molar-refractivity contribution in [2.75, 3.05) is 25.0 Å². The van der Waals surface area contributed by atoms with Crippen molar-refractivity contribution in [3.8, 4) is 5.75 Å². The van der Waals surface area contributed by atoms with Crippen molar-refractivity contribution >= 4 is 32.4 Å². The van der Waals surface area contributed by atoms with E-state index in [1.165, 1.54) is 10.4 Å². The molecule has 0 aliphatic carbocycles. The Morgan fingerprint density at radius 2 is 1.67 bits per heavy atom. The number of fused-ring (bicyclic) bond motifs is 1. The van der Waals surface area contributed by atoms with Gasteiger partial charge in [0.15, 0.2) is 6.61 Å². The van der Waals surface area contributed by atoms with Crippen LogP contribution in [0.3, 0.4) is 0 Å². The molecule has 30 heavy (non-hydrogen) atoms. The molecule has 1 heterocycles.